The molecule has 19 heavy (non-hydrogen) atoms. The van der Waals surface area contributed by atoms with E-state index in [0.717, 1.165) is 0 Å². The van der Waals surface area contributed by atoms with Gasteiger partial charge in [-0.15, -0.1) is 0 Å². The Balaban J connectivity index is 2.24. The van der Waals surface area contributed by atoms with Gasteiger partial charge in [0.1, 0.15) is 11.5 Å². The van der Waals surface area contributed by atoms with Gasteiger partial charge in [-0.25, -0.2) is 4.39 Å². The molecule has 0 aliphatic carbocycles. The fourth-order valence-electron chi connectivity index (χ4n) is 2.19. The monoisotopic (exact) mass is 254 g/mol. The second kappa shape index (κ2) is 4.31. The summed E-state index contributed by atoms with van der Waals surface area (Å²) in [7, 11) is 1.71. The summed E-state index contributed by atoms with van der Waals surface area (Å²) in [6.07, 6.45) is 1.57. The quantitative estimate of drug-likeness (QED) is 0.659. The molecule has 3 aromatic rings. The van der Waals surface area contributed by atoms with Gasteiger partial charge in [0, 0.05) is 24.2 Å². The van der Waals surface area contributed by atoms with Gasteiger partial charge in [0.25, 0.3) is 0 Å². The average molecular weight is 254 g/mol. The van der Waals surface area contributed by atoms with Crippen molar-refractivity contribution in [3.8, 4) is 0 Å². The first kappa shape index (κ1) is 11.6. The predicted molar refractivity (Wildman–Crippen MR) is 70.5 cm³/mol. The molecule has 0 saturated heterocycles. The van der Waals surface area contributed by atoms with Crippen LogP contribution in [0, 0.1) is 5.82 Å². The van der Waals surface area contributed by atoms with Gasteiger partial charge in [0.15, 0.2) is 0 Å². The van der Waals surface area contributed by atoms with Crippen molar-refractivity contribution in [2.75, 3.05) is 0 Å². The number of rotatable bonds is 2. The molecule has 1 heterocycles. The number of benzene rings is 2. The zero-order valence-electron chi connectivity index (χ0n) is 10.3. The number of carbonyl (C=O) groups is 1. The first-order valence-electron chi connectivity index (χ1n) is 5.88. The van der Waals surface area contributed by atoms with Crippen molar-refractivity contribution in [3.63, 3.8) is 0 Å². The van der Waals surface area contributed by atoms with Crippen molar-refractivity contribution < 1.29 is 9.18 Å². The first-order chi connectivity index (χ1) is 9.18. The van der Waals surface area contributed by atoms with Crippen LogP contribution in [0.25, 0.3) is 10.8 Å². The van der Waals surface area contributed by atoms with Crippen molar-refractivity contribution in [3.05, 3.63) is 65.7 Å². The maximum atomic E-state index is 13.7. The second-order valence-corrected chi connectivity index (χ2v) is 4.31. The maximum absolute atomic E-state index is 13.7. The van der Waals surface area contributed by atoms with Gasteiger partial charge in [-0.1, -0.05) is 24.3 Å². The Kier molecular flexibility index (Phi) is 2.63. The summed E-state index contributed by atoms with van der Waals surface area (Å²) in [5.41, 5.74) is 0.970. The van der Waals surface area contributed by atoms with Crippen LogP contribution in [0.1, 0.15) is 16.1 Å². The molecule has 4 heteroatoms. The fraction of sp³-hybridized carbons (Fsp3) is 0.0667. The zero-order valence-corrected chi connectivity index (χ0v) is 10.3. The average Bonchev–Trinajstić information content (AvgIpc) is 2.85. The number of fused-ring (bicyclic) bond motifs is 1. The van der Waals surface area contributed by atoms with Gasteiger partial charge in [-0.3, -0.25) is 9.48 Å². The molecule has 2 aromatic carbocycles. The number of ketones is 1. The molecule has 0 amide bonds. The highest BCUT2D eigenvalue weighted by Gasteiger charge is 2.16. The van der Waals surface area contributed by atoms with E-state index in [2.05, 4.69) is 5.10 Å². The van der Waals surface area contributed by atoms with E-state index in [1.54, 1.807) is 43.6 Å². The number of carbonyl (C=O) groups excluding carboxylic acids is 1. The Morgan fingerprint density at radius 3 is 2.53 bits per heavy atom. The van der Waals surface area contributed by atoms with Crippen LogP contribution in [-0.2, 0) is 7.05 Å². The van der Waals surface area contributed by atoms with Crippen LogP contribution in [0.15, 0.2) is 48.7 Å². The fourth-order valence-corrected chi connectivity index (χ4v) is 2.19. The lowest BCUT2D eigenvalue weighted by Gasteiger charge is -2.06. The summed E-state index contributed by atoms with van der Waals surface area (Å²) in [6, 6.07) is 11.5. The Morgan fingerprint density at radius 1 is 1.11 bits per heavy atom. The summed E-state index contributed by atoms with van der Waals surface area (Å²) >= 11 is 0. The van der Waals surface area contributed by atoms with Crippen molar-refractivity contribution in [2.24, 2.45) is 7.05 Å². The Hall–Kier alpha value is -2.49. The third kappa shape index (κ3) is 1.81. The molecule has 0 atom stereocenters. The summed E-state index contributed by atoms with van der Waals surface area (Å²) in [6.45, 7) is 0. The van der Waals surface area contributed by atoms with E-state index in [9.17, 15) is 9.18 Å². The van der Waals surface area contributed by atoms with Gasteiger partial charge < -0.3 is 0 Å². The van der Waals surface area contributed by atoms with Crippen LogP contribution < -0.4 is 0 Å². The lowest BCUT2D eigenvalue weighted by atomic mass is 9.99. The van der Waals surface area contributed by atoms with E-state index >= 15 is 0 Å². The molecule has 0 fully saturated rings. The Bertz CT molecular complexity index is 777. The minimum atomic E-state index is -0.322. The number of nitrogens with zero attached hydrogens (tertiary/aromatic N) is 2. The largest absolute Gasteiger partial charge is 0.287 e. The van der Waals surface area contributed by atoms with Crippen molar-refractivity contribution in [1.29, 1.82) is 0 Å². The van der Waals surface area contributed by atoms with Gasteiger partial charge in [-0.05, 0) is 23.6 Å². The molecule has 94 valence electrons. The van der Waals surface area contributed by atoms with E-state index in [4.69, 9.17) is 0 Å². The van der Waals surface area contributed by atoms with Gasteiger partial charge in [0.05, 0.1) is 0 Å². The van der Waals surface area contributed by atoms with Gasteiger partial charge >= 0.3 is 0 Å². The van der Waals surface area contributed by atoms with E-state index in [1.165, 1.54) is 16.8 Å². The predicted octanol–water partition coefficient (Wildman–Crippen LogP) is 2.94. The number of hydrogen-bond donors (Lipinski definition) is 0. The molecule has 0 saturated carbocycles. The van der Waals surface area contributed by atoms with Crippen LogP contribution in [0.3, 0.4) is 0 Å². The zero-order chi connectivity index (χ0) is 13.4. The topological polar surface area (TPSA) is 34.9 Å². The van der Waals surface area contributed by atoms with Crippen LogP contribution in [-0.4, -0.2) is 15.6 Å². The maximum Gasteiger partial charge on any atom is 0.211 e. The smallest absolute Gasteiger partial charge is 0.211 e. The molecule has 0 bridgehead atoms. The molecule has 1 aromatic heterocycles. The molecular weight excluding hydrogens is 243 g/mol. The number of aryl methyl sites for hydroxylation is 1. The summed E-state index contributed by atoms with van der Waals surface area (Å²) in [5, 5.41) is 5.06. The van der Waals surface area contributed by atoms with Crippen LogP contribution >= 0.6 is 0 Å². The molecule has 3 nitrogen and oxygen atoms in total. The molecule has 0 unspecified atom stereocenters. The van der Waals surface area contributed by atoms with Crippen molar-refractivity contribution in [2.45, 2.75) is 0 Å². The van der Waals surface area contributed by atoms with Gasteiger partial charge in [-0.2, -0.15) is 5.10 Å². The third-order valence-corrected chi connectivity index (χ3v) is 3.17. The first-order valence-corrected chi connectivity index (χ1v) is 5.88. The number of hydrogen-bond acceptors (Lipinski definition) is 2. The SMILES string of the molecule is Cn1nccc1C(=O)c1ccc(F)c2ccccc12. The molecular formula is C15H11FN2O. The highest BCUT2D eigenvalue weighted by molar-refractivity contribution is 6.15. The summed E-state index contributed by atoms with van der Waals surface area (Å²) in [5.74, 6) is -0.478. The minimum Gasteiger partial charge on any atom is -0.287 e. The van der Waals surface area contributed by atoms with Crippen LogP contribution in [0.5, 0.6) is 0 Å². The lowest BCUT2D eigenvalue weighted by Crippen LogP contribution is -2.09. The molecule has 3 rings (SSSR count). The Morgan fingerprint density at radius 2 is 1.84 bits per heavy atom. The Labute approximate surface area is 109 Å². The normalized spacial score (nSPS) is 10.8. The minimum absolute atomic E-state index is 0.156. The molecule has 0 aliphatic heterocycles. The molecule has 0 spiro atoms. The highest BCUT2D eigenvalue weighted by Crippen LogP contribution is 2.23. The molecule has 0 radical (unpaired) electrons. The van der Waals surface area contributed by atoms with Crippen LogP contribution in [0.4, 0.5) is 4.39 Å². The highest BCUT2D eigenvalue weighted by atomic mass is 19.1. The van der Waals surface area contributed by atoms with Gasteiger partial charge in [0.2, 0.25) is 5.78 Å². The van der Waals surface area contributed by atoms with E-state index < -0.39 is 0 Å². The number of aromatic nitrogens is 2. The van der Waals surface area contributed by atoms with E-state index in [-0.39, 0.29) is 11.6 Å². The number of halogens is 1. The molecule has 0 N–H and O–H groups in total. The summed E-state index contributed by atoms with van der Waals surface area (Å²) < 4.78 is 15.2. The van der Waals surface area contributed by atoms with E-state index in [0.29, 0.717) is 22.0 Å². The standard InChI is InChI=1S/C15H11FN2O/c1-18-14(8-9-17-18)15(19)12-6-7-13(16)11-5-3-2-4-10(11)12/h2-9H,1H3. The lowest BCUT2D eigenvalue weighted by molar-refractivity contribution is 0.103. The third-order valence-electron chi connectivity index (χ3n) is 3.17. The molecule has 0 aliphatic rings. The van der Waals surface area contributed by atoms with Crippen molar-refractivity contribution >= 4 is 16.6 Å². The van der Waals surface area contributed by atoms with Crippen molar-refractivity contribution in [1.82, 2.24) is 9.78 Å². The van der Waals surface area contributed by atoms with Crippen LogP contribution in [0.2, 0.25) is 0 Å². The van der Waals surface area contributed by atoms with E-state index in [1.807, 2.05) is 0 Å². The summed E-state index contributed by atoms with van der Waals surface area (Å²) in [4.78, 5) is 12.5. The second-order valence-electron chi connectivity index (χ2n) is 4.31.